The fraction of sp³-hybridized carbons (Fsp3) is 0.211. The van der Waals surface area contributed by atoms with Crippen molar-refractivity contribution in [2.45, 2.75) is 6.92 Å². The summed E-state index contributed by atoms with van der Waals surface area (Å²) in [5, 5.41) is 7.63. The third-order valence-electron chi connectivity index (χ3n) is 3.59. The number of anilines is 1. The second-order valence-electron chi connectivity index (χ2n) is 5.51. The Hall–Kier alpha value is -3.13. The zero-order chi connectivity index (χ0) is 19.1. The predicted octanol–water partition coefficient (Wildman–Crippen LogP) is 3.27. The molecule has 8 heteroatoms. The lowest BCUT2D eigenvalue weighted by molar-refractivity contribution is -0.123. The number of benzene rings is 2. The van der Waals surface area contributed by atoms with Crippen LogP contribution in [0.15, 0.2) is 47.6 Å². The van der Waals surface area contributed by atoms with E-state index in [0.29, 0.717) is 18.0 Å². The second-order valence-corrected chi connectivity index (χ2v) is 6.54. The molecule has 2 aromatic carbocycles. The summed E-state index contributed by atoms with van der Waals surface area (Å²) < 4.78 is 11.9. The number of nitrogens with zero attached hydrogens (tertiary/aromatic N) is 2. The lowest BCUT2D eigenvalue weighted by atomic mass is 10.2. The topological polar surface area (TPSA) is 84.8 Å². The summed E-state index contributed by atoms with van der Waals surface area (Å²) in [6.45, 7) is 2.36. The molecule has 0 bridgehead atoms. The molecule has 0 aliphatic heterocycles. The molecule has 0 aliphatic carbocycles. The number of thiazole rings is 1. The van der Waals surface area contributed by atoms with Crippen LogP contribution < -0.4 is 20.2 Å². The normalized spacial score (nSPS) is 10.9. The number of hydrogen-bond acceptors (Lipinski definition) is 7. The molecule has 0 saturated heterocycles. The summed E-state index contributed by atoms with van der Waals surface area (Å²) >= 11 is 1.54. The highest BCUT2D eigenvalue weighted by Gasteiger charge is 2.08. The minimum Gasteiger partial charge on any atom is -0.493 e. The van der Waals surface area contributed by atoms with Gasteiger partial charge in [0, 0.05) is 6.54 Å². The molecule has 2 N–H and O–H groups in total. The number of hydrazone groups is 1. The highest BCUT2D eigenvalue weighted by molar-refractivity contribution is 7.22. The molecule has 0 radical (unpaired) electrons. The molecule has 27 heavy (non-hydrogen) atoms. The maximum Gasteiger partial charge on any atom is 0.257 e. The standard InChI is InChI=1S/C19H20N4O3S/c1-3-20-18(24)12-26-15-9-8-13(10-16(15)25-2)11-21-23-19-22-14-6-4-5-7-17(14)27-19/h4-11H,3,12H2,1-2H3,(H,20,24)(H,22,23)/b21-11+. The van der Waals surface area contributed by atoms with Gasteiger partial charge in [-0.25, -0.2) is 4.98 Å². The van der Waals surface area contributed by atoms with Crippen LogP contribution in [0.3, 0.4) is 0 Å². The van der Waals surface area contributed by atoms with Gasteiger partial charge in [0.05, 0.1) is 23.5 Å². The number of fused-ring (bicyclic) bond motifs is 1. The SMILES string of the molecule is CCNC(=O)COc1ccc(/C=N/Nc2nc3ccccc3s2)cc1OC. The summed E-state index contributed by atoms with van der Waals surface area (Å²) in [5.74, 6) is 0.855. The fourth-order valence-corrected chi connectivity index (χ4v) is 3.17. The monoisotopic (exact) mass is 384 g/mol. The Morgan fingerprint density at radius 2 is 2.11 bits per heavy atom. The molecule has 0 aliphatic rings. The van der Waals surface area contributed by atoms with E-state index in [4.69, 9.17) is 9.47 Å². The molecule has 140 valence electrons. The molecule has 1 heterocycles. The Bertz CT molecular complexity index is 922. The molecule has 0 fully saturated rings. The Kier molecular flexibility index (Phi) is 6.22. The van der Waals surface area contributed by atoms with Gasteiger partial charge < -0.3 is 14.8 Å². The summed E-state index contributed by atoms with van der Waals surface area (Å²) in [4.78, 5) is 16.0. The summed E-state index contributed by atoms with van der Waals surface area (Å²) in [7, 11) is 1.55. The number of ether oxygens (including phenoxy) is 2. The fourth-order valence-electron chi connectivity index (χ4n) is 2.36. The zero-order valence-corrected chi connectivity index (χ0v) is 15.9. The lowest BCUT2D eigenvalue weighted by Crippen LogP contribution is -2.28. The van der Waals surface area contributed by atoms with E-state index in [-0.39, 0.29) is 12.5 Å². The van der Waals surface area contributed by atoms with Gasteiger partial charge in [0.2, 0.25) is 5.13 Å². The van der Waals surface area contributed by atoms with Gasteiger partial charge in [0.25, 0.3) is 5.91 Å². The van der Waals surface area contributed by atoms with Crippen LogP contribution in [0.5, 0.6) is 11.5 Å². The largest absolute Gasteiger partial charge is 0.493 e. The predicted molar refractivity (Wildman–Crippen MR) is 108 cm³/mol. The Labute approximate surface area is 161 Å². The molecular formula is C19H20N4O3S. The average molecular weight is 384 g/mol. The van der Waals surface area contributed by atoms with Crippen LogP contribution in [-0.2, 0) is 4.79 Å². The third kappa shape index (κ3) is 4.95. The van der Waals surface area contributed by atoms with Crippen LogP contribution in [0.1, 0.15) is 12.5 Å². The molecule has 3 rings (SSSR count). The Balaban J connectivity index is 1.64. The number of carbonyl (C=O) groups is 1. The van der Waals surface area contributed by atoms with Crippen LogP contribution in [0.25, 0.3) is 10.2 Å². The third-order valence-corrected chi connectivity index (χ3v) is 4.53. The number of amides is 1. The van der Waals surface area contributed by atoms with Crippen molar-refractivity contribution in [3.8, 4) is 11.5 Å². The smallest absolute Gasteiger partial charge is 0.257 e. The molecule has 0 unspecified atom stereocenters. The first kappa shape index (κ1) is 18.7. The van der Waals surface area contributed by atoms with E-state index in [2.05, 4.69) is 20.8 Å². The summed E-state index contributed by atoms with van der Waals surface area (Å²) in [5.41, 5.74) is 4.71. The van der Waals surface area contributed by atoms with Gasteiger partial charge in [0.1, 0.15) is 0 Å². The van der Waals surface area contributed by atoms with Gasteiger partial charge in [-0.2, -0.15) is 5.10 Å². The first-order valence-electron chi connectivity index (χ1n) is 8.41. The van der Waals surface area contributed by atoms with Crippen molar-refractivity contribution in [3.63, 3.8) is 0 Å². The number of likely N-dealkylation sites (N-methyl/N-ethyl adjacent to an activating group) is 1. The van der Waals surface area contributed by atoms with E-state index in [1.165, 1.54) is 11.3 Å². The van der Waals surface area contributed by atoms with Gasteiger partial charge in [-0.3, -0.25) is 10.2 Å². The number of aromatic nitrogens is 1. The number of rotatable bonds is 8. The molecular weight excluding hydrogens is 364 g/mol. The van der Waals surface area contributed by atoms with E-state index < -0.39 is 0 Å². The summed E-state index contributed by atoms with van der Waals surface area (Å²) in [6, 6.07) is 13.3. The number of nitrogens with one attached hydrogen (secondary N) is 2. The zero-order valence-electron chi connectivity index (χ0n) is 15.1. The molecule has 1 aromatic heterocycles. The quantitative estimate of drug-likeness (QED) is 0.460. The minimum absolute atomic E-state index is 0.0587. The number of methoxy groups -OCH3 is 1. The van der Waals surface area contributed by atoms with Gasteiger partial charge in [-0.05, 0) is 42.8 Å². The lowest BCUT2D eigenvalue weighted by Gasteiger charge is -2.11. The van der Waals surface area contributed by atoms with E-state index in [1.807, 2.05) is 37.3 Å². The minimum atomic E-state index is -0.176. The van der Waals surface area contributed by atoms with Gasteiger partial charge >= 0.3 is 0 Å². The van der Waals surface area contributed by atoms with Crippen LogP contribution in [-0.4, -0.2) is 37.4 Å². The van der Waals surface area contributed by atoms with E-state index in [0.717, 1.165) is 20.9 Å². The maximum atomic E-state index is 11.5. The second kappa shape index (κ2) is 9.00. The van der Waals surface area contributed by atoms with Crippen molar-refractivity contribution in [1.82, 2.24) is 10.3 Å². The van der Waals surface area contributed by atoms with Crippen molar-refractivity contribution in [3.05, 3.63) is 48.0 Å². The van der Waals surface area contributed by atoms with Gasteiger partial charge in [-0.15, -0.1) is 0 Å². The molecule has 1 amide bonds. The molecule has 0 spiro atoms. The number of carbonyl (C=O) groups excluding carboxylic acids is 1. The highest BCUT2D eigenvalue weighted by Crippen LogP contribution is 2.28. The van der Waals surface area contributed by atoms with Crippen molar-refractivity contribution >= 4 is 38.8 Å². The Morgan fingerprint density at radius 3 is 2.89 bits per heavy atom. The van der Waals surface area contributed by atoms with Crippen molar-refractivity contribution in [2.75, 3.05) is 25.7 Å². The first-order valence-corrected chi connectivity index (χ1v) is 9.23. The highest BCUT2D eigenvalue weighted by atomic mass is 32.1. The van der Waals surface area contributed by atoms with Crippen LogP contribution in [0, 0.1) is 0 Å². The summed E-state index contributed by atoms with van der Waals surface area (Å²) in [6.07, 6.45) is 1.67. The van der Waals surface area contributed by atoms with Crippen molar-refractivity contribution in [1.29, 1.82) is 0 Å². The number of hydrogen-bond donors (Lipinski definition) is 2. The van der Waals surface area contributed by atoms with Gasteiger partial charge in [0.15, 0.2) is 18.1 Å². The van der Waals surface area contributed by atoms with Gasteiger partial charge in [-0.1, -0.05) is 23.5 Å². The average Bonchev–Trinajstić information content (AvgIpc) is 3.09. The number of para-hydroxylation sites is 1. The first-order chi connectivity index (χ1) is 13.2. The molecule has 7 nitrogen and oxygen atoms in total. The van der Waals surface area contributed by atoms with E-state index in [9.17, 15) is 4.79 Å². The van der Waals surface area contributed by atoms with Crippen molar-refractivity contribution in [2.24, 2.45) is 5.10 Å². The van der Waals surface area contributed by atoms with Crippen LogP contribution >= 0.6 is 11.3 Å². The molecule has 0 saturated carbocycles. The maximum absolute atomic E-state index is 11.5. The van der Waals surface area contributed by atoms with Crippen LogP contribution in [0.2, 0.25) is 0 Å². The van der Waals surface area contributed by atoms with Crippen LogP contribution in [0.4, 0.5) is 5.13 Å². The van der Waals surface area contributed by atoms with E-state index in [1.54, 1.807) is 25.5 Å². The van der Waals surface area contributed by atoms with Crippen molar-refractivity contribution < 1.29 is 14.3 Å². The molecule has 3 aromatic rings. The molecule has 0 atom stereocenters. The van der Waals surface area contributed by atoms with E-state index >= 15 is 0 Å². The Morgan fingerprint density at radius 1 is 1.26 bits per heavy atom.